The van der Waals surface area contributed by atoms with E-state index in [9.17, 15) is 0 Å². The molecule has 0 fully saturated rings. The van der Waals surface area contributed by atoms with Crippen molar-refractivity contribution < 1.29 is 0 Å². The van der Waals surface area contributed by atoms with Gasteiger partial charge >= 0.3 is 0 Å². The van der Waals surface area contributed by atoms with Crippen molar-refractivity contribution in [2.24, 2.45) is 0 Å². The van der Waals surface area contributed by atoms with E-state index in [2.05, 4.69) is 35.0 Å². The first-order chi connectivity index (χ1) is 6.38. The minimum absolute atomic E-state index is 0.931. The average molecular weight is 181 g/mol. The molecular formula is C10H19N3. The highest BCUT2D eigenvalue weighted by Gasteiger charge is 1.99. The maximum absolute atomic E-state index is 4.28. The van der Waals surface area contributed by atoms with Gasteiger partial charge in [0.15, 0.2) is 0 Å². The summed E-state index contributed by atoms with van der Waals surface area (Å²) in [6.07, 6.45) is 4.31. The predicted molar refractivity (Wildman–Crippen MR) is 54.5 cm³/mol. The number of nitrogens with zero attached hydrogens (tertiary/aromatic N) is 2. The van der Waals surface area contributed by atoms with E-state index in [4.69, 9.17) is 0 Å². The van der Waals surface area contributed by atoms with Gasteiger partial charge in [-0.2, -0.15) is 5.10 Å². The molecule has 0 bridgehead atoms. The monoisotopic (exact) mass is 181 g/mol. The third-order valence-electron chi connectivity index (χ3n) is 2.08. The van der Waals surface area contributed by atoms with Crippen LogP contribution in [-0.2, 0) is 13.1 Å². The Morgan fingerprint density at radius 1 is 1.46 bits per heavy atom. The Kier molecular flexibility index (Phi) is 4.54. The van der Waals surface area contributed by atoms with Crippen molar-refractivity contribution in [3.05, 3.63) is 18.0 Å². The molecule has 0 unspecified atom stereocenters. The van der Waals surface area contributed by atoms with E-state index in [0.717, 1.165) is 19.6 Å². The molecule has 0 aromatic carbocycles. The Labute approximate surface area is 80.1 Å². The molecule has 13 heavy (non-hydrogen) atoms. The van der Waals surface area contributed by atoms with E-state index in [1.54, 1.807) is 0 Å². The second-order valence-electron chi connectivity index (χ2n) is 3.18. The fraction of sp³-hybridized carbons (Fsp3) is 0.700. The summed E-state index contributed by atoms with van der Waals surface area (Å²) in [5, 5.41) is 7.59. The van der Waals surface area contributed by atoms with E-state index in [1.807, 2.05) is 6.20 Å². The van der Waals surface area contributed by atoms with Gasteiger partial charge < -0.3 is 5.32 Å². The van der Waals surface area contributed by atoms with Crippen LogP contribution in [0.25, 0.3) is 0 Å². The van der Waals surface area contributed by atoms with Crippen molar-refractivity contribution in [1.82, 2.24) is 15.1 Å². The Balaban J connectivity index is 2.45. The van der Waals surface area contributed by atoms with Crippen LogP contribution in [0.15, 0.2) is 12.3 Å². The Morgan fingerprint density at radius 3 is 3.00 bits per heavy atom. The number of aryl methyl sites for hydroxylation is 1. The summed E-state index contributed by atoms with van der Waals surface area (Å²) in [4.78, 5) is 0. The van der Waals surface area contributed by atoms with Crippen LogP contribution in [0.5, 0.6) is 0 Å². The molecule has 3 nitrogen and oxygen atoms in total. The molecule has 0 aliphatic carbocycles. The number of hydrogen-bond donors (Lipinski definition) is 1. The SMILES string of the molecule is CCCCn1nccc1CNCC. The van der Waals surface area contributed by atoms with Gasteiger partial charge in [0, 0.05) is 19.3 Å². The van der Waals surface area contributed by atoms with Gasteiger partial charge in [-0.1, -0.05) is 20.3 Å². The summed E-state index contributed by atoms with van der Waals surface area (Å²) in [6.45, 7) is 7.31. The highest BCUT2D eigenvalue weighted by Crippen LogP contribution is 2.01. The number of unbranched alkanes of at least 4 members (excludes halogenated alkanes) is 1. The van der Waals surface area contributed by atoms with E-state index in [-0.39, 0.29) is 0 Å². The van der Waals surface area contributed by atoms with Gasteiger partial charge in [-0.05, 0) is 19.0 Å². The molecule has 1 heterocycles. The van der Waals surface area contributed by atoms with Gasteiger partial charge in [-0.15, -0.1) is 0 Å². The second-order valence-corrected chi connectivity index (χ2v) is 3.18. The molecule has 74 valence electrons. The normalized spacial score (nSPS) is 10.6. The lowest BCUT2D eigenvalue weighted by molar-refractivity contribution is 0.534. The zero-order chi connectivity index (χ0) is 9.52. The van der Waals surface area contributed by atoms with Gasteiger partial charge in [-0.3, -0.25) is 4.68 Å². The lowest BCUT2D eigenvalue weighted by Gasteiger charge is -2.06. The van der Waals surface area contributed by atoms with E-state index >= 15 is 0 Å². The molecule has 0 radical (unpaired) electrons. The fourth-order valence-corrected chi connectivity index (χ4v) is 1.27. The van der Waals surface area contributed by atoms with Crippen LogP contribution < -0.4 is 5.32 Å². The number of hydrogen-bond acceptors (Lipinski definition) is 2. The lowest BCUT2D eigenvalue weighted by atomic mass is 10.3. The first-order valence-electron chi connectivity index (χ1n) is 5.09. The predicted octanol–water partition coefficient (Wildman–Crippen LogP) is 1.79. The smallest absolute Gasteiger partial charge is 0.0522 e. The first-order valence-corrected chi connectivity index (χ1v) is 5.09. The lowest BCUT2D eigenvalue weighted by Crippen LogP contribution is -2.16. The Bertz CT molecular complexity index is 207. The molecule has 3 heteroatoms. The summed E-state index contributed by atoms with van der Waals surface area (Å²) in [7, 11) is 0. The van der Waals surface area contributed by atoms with E-state index in [1.165, 1.54) is 18.5 Å². The summed E-state index contributed by atoms with van der Waals surface area (Å²) in [6, 6.07) is 2.08. The zero-order valence-corrected chi connectivity index (χ0v) is 8.58. The molecule has 0 aliphatic heterocycles. The minimum Gasteiger partial charge on any atom is -0.311 e. The van der Waals surface area contributed by atoms with Crippen molar-refractivity contribution in [3.8, 4) is 0 Å². The van der Waals surface area contributed by atoms with Crippen molar-refractivity contribution in [1.29, 1.82) is 0 Å². The van der Waals surface area contributed by atoms with Crippen molar-refractivity contribution >= 4 is 0 Å². The highest BCUT2D eigenvalue weighted by atomic mass is 15.3. The molecule has 0 amide bonds. The Hall–Kier alpha value is -0.830. The van der Waals surface area contributed by atoms with Crippen molar-refractivity contribution in [2.75, 3.05) is 6.54 Å². The summed E-state index contributed by atoms with van der Waals surface area (Å²) >= 11 is 0. The molecule has 0 saturated carbocycles. The topological polar surface area (TPSA) is 29.9 Å². The van der Waals surface area contributed by atoms with Crippen LogP contribution in [0.2, 0.25) is 0 Å². The van der Waals surface area contributed by atoms with E-state index < -0.39 is 0 Å². The molecule has 0 saturated heterocycles. The molecule has 1 rings (SSSR count). The van der Waals surface area contributed by atoms with Gasteiger partial charge in [0.05, 0.1) is 5.69 Å². The molecule has 0 spiro atoms. The van der Waals surface area contributed by atoms with Gasteiger partial charge in [0.1, 0.15) is 0 Å². The third kappa shape index (κ3) is 3.19. The number of rotatable bonds is 6. The summed E-state index contributed by atoms with van der Waals surface area (Å²) < 4.78 is 2.09. The largest absolute Gasteiger partial charge is 0.311 e. The average Bonchev–Trinajstić information content (AvgIpc) is 2.59. The molecule has 1 aromatic heterocycles. The van der Waals surface area contributed by atoms with Gasteiger partial charge in [0.2, 0.25) is 0 Å². The fourth-order valence-electron chi connectivity index (χ4n) is 1.27. The summed E-state index contributed by atoms with van der Waals surface area (Å²) in [5.41, 5.74) is 1.29. The number of nitrogens with one attached hydrogen (secondary N) is 1. The molecule has 1 aromatic rings. The van der Waals surface area contributed by atoms with Crippen LogP contribution >= 0.6 is 0 Å². The van der Waals surface area contributed by atoms with Crippen LogP contribution in [0.3, 0.4) is 0 Å². The maximum atomic E-state index is 4.28. The maximum Gasteiger partial charge on any atom is 0.0522 e. The Morgan fingerprint density at radius 2 is 2.31 bits per heavy atom. The minimum atomic E-state index is 0.931. The highest BCUT2D eigenvalue weighted by molar-refractivity contribution is 4.99. The molecule has 0 atom stereocenters. The van der Waals surface area contributed by atoms with Gasteiger partial charge in [-0.25, -0.2) is 0 Å². The van der Waals surface area contributed by atoms with Crippen LogP contribution in [0.4, 0.5) is 0 Å². The van der Waals surface area contributed by atoms with E-state index in [0.29, 0.717) is 0 Å². The third-order valence-corrected chi connectivity index (χ3v) is 2.08. The molecule has 0 aliphatic rings. The quantitative estimate of drug-likeness (QED) is 0.725. The first kappa shape index (κ1) is 10.3. The number of aromatic nitrogens is 2. The zero-order valence-electron chi connectivity index (χ0n) is 8.58. The van der Waals surface area contributed by atoms with Gasteiger partial charge in [0.25, 0.3) is 0 Å². The van der Waals surface area contributed by atoms with Crippen LogP contribution in [0.1, 0.15) is 32.4 Å². The molecular weight excluding hydrogens is 162 g/mol. The summed E-state index contributed by atoms with van der Waals surface area (Å²) in [5.74, 6) is 0. The van der Waals surface area contributed by atoms with Crippen molar-refractivity contribution in [3.63, 3.8) is 0 Å². The van der Waals surface area contributed by atoms with Crippen molar-refractivity contribution in [2.45, 2.75) is 39.8 Å². The van der Waals surface area contributed by atoms with Crippen LogP contribution in [0, 0.1) is 0 Å². The molecule has 1 N–H and O–H groups in total. The second kappa shape index (κ2) is 5.75. The standard InChI is InChI=1S/C10H19N3/c1-3-5-8-13-10(6-7-12-13)9-11-4-2/h6-7,11H,3-5,8-9H2,1-2H3. The van der Waals surface area contributed by atoms with Crippen LogP contribution in [-0.4, -0.2) is 16.3 Å².